The summed E-state index contributed by atoms with van der Waals surface area (Å²) in [6.07, 6.45) is 0. The van der Waals surface area contributed by atoms with Gasteiger partial charge in [-0.2, -0.15) is 0 Å². The van der Waals surface area contributed by atoms with Crippen LogP contribution in [0.15, 0.2) is 42.5 Å². The van der Waals surface area contributed by atoms with Crippen molar-refractivity contribution in [2.75, 3.05) is 44.6 Å². The van der Waals surface area contributed by atoms with Crippen LogP contribution in [0.4, 0.5) is 11.4 Å². The lowest BCUT2D eigenvalue weighted by molar-refractivity contribution is -0.115. The summed E-state index contributed by atoms with van der Waals surface area (Å²) in [6.45, 7) is 2.99. The summed E-state index contributed by atoms with van der Waals surface area (Å²) < 4.78 is 15.9. The monoisotopic (exact) mass is 344 g/mol. The number of carbonyl (C=O) groups is 1. The van der Waals surface area contributed by atoms with E-state index in [4.69, 9.17) is 14.2 Å². The zero-order chi connectivity index (χ0) is 18.2. The maximum atomic E-state index is 12.4. The van der Waals surface area contributed by atoms with E-state index in [0.29, 0.717) is 22.9 Å². The first-order valence-corrected chi connectivity index (χ1v) is 8.02. The number of nitrogens with zero attached hydrogens (tertiary/aromatic N) is 1. The lowest BCUT2D eigenvalue weighted by atomic mass is 10.2. The number of likely N-dealkylation sites (N-methyl/N-ethyl adjacent to an activating group) is 1. The van der Waals surface area contributed by atoms with E-state index in [9.17, 15) is 4.79 Å². The molecule has 6 heteroatoms. The molecule has 1 N–H and O–H groups in total. The minimum absolute atomic E-state index is 0.125. The van der Waals surface area contributed by atoms with Crippen molar-refractivity contribution in [2.45, 2.75) is 6.92 Å². The highest BCUT2D eigenvalue weighted by Gasteiger charge is 2.15. The van der Waals surface area contributed by atoms with E-state index in [1.165, 1.54) is 21.3 Å². The number of amides is 1. The first-order valence-electron chi connectivity index (χ1n) is 8.02. The maximum absolute atomic E-state index is 12.4. The van der Waals surface area contributed by atoms with E-state index in [0.717, 1.165) is 12.2 Å². The third-order valence-corrected chi connectivity index (χ3v) is 3.79. The number of rotatable bonds is 8. The third kappa shape index (κ3) is 4.56. The highest BCUT2D eigenvalue weighted by molar-refractivity contribution is 5.94. The number of para-hydroxylation sites is 1. The summed E-state index contributed by atoms with van der Waals surface area (Å²) in [5.74, 6) is 1.35. The molecule has 0 aromatic heterocycles. The van der Waals surface area contributed by atoms with Crippen LogP contribution >= 0.6 is 0 Å². The molecule has 0 radical (unpaired) electrons. The highest BCUT2D eigenvalue weighted by atomic mass is 16.5. The molecule has 0 aliphatic heterocycles. The second kappa shape index (κ2) is 8.82. The first-order chi connectivity index (χ1) is 12.1. The maximum Gasteiger partial charge on any atom is 0.243 e. The molecular formula is C19H24N2O4. The highest BCUT2D eigenvalue weighted by Crippen LogP contribution is 2.39. The molecule has 0 saturated heterocycles. The van der Waals surface area contributed by atoms with Crippen LogP contribution in [0, 0.1) is 0 Å². The molecule has 134 valence electrons. The van der Waals surface area contributed by atoms with Crippen LogP contribution in [0.25, 0.3) is 0 Å². The van der Waals surface area contributed by atoms with Gasteiger partial charge in [-0.25, -0.2) is 0 Å². The van der Waals surface area contributed by atoms with Gasteiger partial charge in [0.05, 0.1) is 27.9 Å². The fourth-order valence-electron chi connectivity index (χ4n) is 2.55. The number of anilines is 2. The van der Waals surface area contributed by atoms with Crippen LogP contribution in [0.1, 0.15) is 6.92 Å². The molecule has 6 nitrogen and oxygen atoms in total. The quantitative estimate of drug-likeness (QED) is 0.797. The topological polar surface area (TPSA) is 60.0 Å². The smallest absolute Gasteiger partial charge is 0.243 e. The Hall–Kier alpha value is -2.89. The number of carbonyl (C=O) groups excluding carboxylic acids is 1. The Kier molecular flexibility index (Phi) is 6.51. The average Bonchev–Trinajstić information content (AvgIpc) is 2.65. The number of benzene rings is 2. The lowest BCUT2D eigenvalue weighted by Crippen LogP contribution is -2.33. The van der Waals surface area contributed by atoms with Gasteiger partial charge in [-0.3, -0.25) is 4.79 Å². The van der Waals surface area contributed by atoms with Gasteiger partial charge in [-0.05, 0) is 19.1 Å². The number of nitrogens with one attached hydrogen (secondary N) is 1. The number of methoxy groups -OCH3 is 3. The molecular weight excluding hydrogens is 320 g/mol. The lowest BCUT2D eigenvalue weighted by Gasteiger charge is -2.22. The van der Waals surface area contributed by atoms with E-state index >= 15 is 0 Å². The molecule has 25 heavy (non-hydrogen) atoms. The van der Waals surface area contributed by atoms with Crippen LogP contribution in [-0.2, 0) is 4.79 Å². The van der Waals surface area contributed by atoms with Crippen LogP contribution in [0.2, 0.25) is 0 Å². The molecule has 0 aliphatic carbocycles. The Bertz CT molecular complexity index is 679. The zero-order valence-corrected chi connectivity index (χ0v) is 15.0. The van der Waals surface area contributed by atoms with Crippen LogP contribution in [0.5, 0.6) is 17.2 Å². The van der Waals surface area contributed by atoms with Gasteiger partial charge in [0.1, 0.15) is 0 Å². The molecule has 0 bridgehead atoms. The van der Waals surface area contributed by atoms with Gasteiger partial charge in [-0.15, -0.1) is 0 Å². The summed E-state index contributed by atoms with van der Waals surface area (Å²) >= 11 is 0. The Balaban J connectivity index is 2.14. The van der Waals surface area contributed by atoms with E-state index in [2.05, 4.69) is 5.32 Å². The molecule has 0 saturated carbocycles. The summed E-state index contributed by atoms with van der Waals surface area (Å²) in [5.41, 5.74) is 1.59. The predicted octanol–water partition coefficient (Wildman–Crippen LogP) is 3.18. The van der Waals surface area contributed by atoms with Crippen molar-refractivity contribution < 1.29 is 19.0 Å². The van der Waals surface area contributed by atoms with Crippen LogP contribution in [0.3, 0.4) is 0 Å². The Morgan fingerprint density at radius 3 is 2.08 bits per heavy atom. The van der Waals surface area contributed by atoms with Crippen molar-refractivity contribution in [3.63, 3.8) is 0 Å². The number of hydrogen-bond acceptors (Lipinski definition) is 5. The minimum atomic E-state index is -0.125. The van der Waals surface area contributed by atoms with E-state index in [1.54, 1.807) is 12.1 Å². The molecule has 0 unspecified atom stereocenters. The SMILES string of the molecule is CCN(CC(=O)Nc1cc(OC)c(OC)c(OC)c1)c1ccccc1. The van der Waals surface area contributed by atoms with Gasteiger partial charge in [0.25, 0.3) is 0 Å². The predicted molar refractivity (Wildman–Crippen MR) is 99.1 cm³/mol. The molecule has 0 heterocycles. The minimum Gasteiger partial charge on any atom is -0.493 e. The van der Waals surface area contributed by atoms with E-state index < -0.39 is 0 Å². The van der Waals surface area contributed by atoms with Gasteiger partial charge in [-0.1, -0.05) is 18.2 Å². The first kappa shape index (κ1) is 18.4. The van der Waals surface area contributed by atoms with E-state index in [1.807, 2.05) is 42.2 Å². The molecule has 2 aromatic carbocycles. The summed E-state index contributed by atoms with van der Waals surface area (Å²) in [6, 6.07) is 13.2. The van der Waals surface area contributed by atoms with Crippen LogP contribution < -0.4 is 24.4 Å². The number of ether oxygens (including phenoxy) is 3. The Morgan fingerprint density at radius 1 is 1.00 bits per heavy atom. The average molecular weight is 344 g/mol. The van der Waals surface area contributed by atoms with Crippen molar-refractivity contribution in [1.82, 2.24) is 0 Å². The van der Waals surface area contributed by atoms with Crippen molar-refractivity contribution in [2.24, 2.45) is 0 Å². The summed E-state index contributed by atoms with van der Waals surface area (Å²) in [5, 5.41) is 2.88. The zero-order valence-electron chi connectivity index (χ0n) is 15.0. The van der Waals surface area contributed by atoms with E-state index in [-0.39, 0.29) is 12.5 Å². The van der Waals surface area contributed by atoms with Gasteiger partial charge in [0.2, 0.25) is 11.7 Å². The summed E-state index contributed by atoms with van der Waals surface area (Å²) in [4.78, 5) is 14.4. The Labute approximate surface area is 148 Å². The van der Waals surface area contributed by atoms with Gasteiger partial charge < -0.3 is 24.4 Å². The van der Waals surface area contributed by atoms with Crippen molar-refractivity contribution in [3.8, 4) is 17.2 Å². The van der Waals surface area contributed by atoms with Crippen LogP contribution in [-0.4, -0.2) is 40.3 Å². The second-order valence-corrected chi connectivity index (χ2v) is 5.31. The molecule has 0 spiro atoms. The second-order valence-electron chi connectivity index (χ2n) is 5.31. The normalized spacial score (nSPS) is 10.1. The van der Waals surface area contributed by atoms with Crippen molar-refractivity contribution in [1.29, 1.82) is 0 Å². The fourth-order valence-corrected chi connectivity index (χ4v) is 2.55. The molecule has 1 amide bonds. The standard InChI is InChI=1S/C19H24N2O4/c1-5-21(15-9-7-6-8-10-15)13-18(22)20-14-11-16(23-2)19(25-4)17(12-14)24-3/h6-12H,5,13H2,1-4H3,(H,20,22). The van der Waals surface area contributed by atoms with Gasteiger partial charge >= 0.3 is 0 Å². The molecule has 0 atom stereocenters. The van der Waals surface area contributed by atoms with Gasteiger partial charge in [0, 0.05) is 30.1 Å². The number of hydrogen-bond donors (Lipinski definition) is 1. The van der Waals surface area contributed by atoms with Crippen molar-refractivity contribution in [3.05, 3.63) is 42.5 Å². The fraction of sp³-hybridized carbons (Fsp3) is 0.316. The summed E-state index contributed by atoms with van der Waals surface area (Å²) in [7, 11) is 4.62. The van der Waals surface area contributed by atoms with Crippen molar-refractivity contribution >= 4 is 17.3 Å². The third-order valence-electron chi connectivity index (χ3n) is 3.79. The molecule has 2 aromatic rings. The van der Waals surface area contributed by atoms with Gasteiger partial charge in [0.15, 0.2) is 11.5 Å². The molecule has 0 fully saturated rings. The Morgan fingerprint density at radius 2 is 1.60 bits per heavy atom. The largest absolute Gasteiger partial charge is 0.493 e. The molecule has 2 rings (SSSR count). The molecule has 0 aliphatic rings.